The van der Waals surface area contributed by atoms with E-state index in [0.717, 1.165) is 31.4 Å². The molecule has 0 aromatic heterocycles. The molecule has 1 aliphatic heterocycles. The van der Waals surface area contributed by atoms with E-state index in [9.17, 15) is 4.39 Å². The Balaban J connectivity index is 2.18. The molecule has 0 spiro atoms. The number of piperidine rings is 1. The van der Waals surface area contributed by atoms with E-state index in [0.29, 0.717) is 11.0 Å². The number of amidine groups is 1. The second-order valence-electron chi connectivity index (χ2n) is 4.72. The monoisotopic (exact) mass is 329 g/mol. The molecule has 6 heteroatoms. The lowest BCUT2D eigenvalue weighted by Crippen LogP contribution is -2.47. The van der Waals surface area contributed by atoms with Crippen molar-refractivity contribution in [3.8, 4) is 0 Å². The minimum absolute atomic E-state index is 0.0751. The van der Waals surface area contributed by atoms with Crippen LogP contribution in [0.1, 0.15) is 24.8 Å². The molecule has 1 unspecified atom stereocenters. The van der Waals surface area contributed by atoms with Gasteiger partial charge in [0.25, 0.3) is 0 Å². The minimum atomic E-state index is -0.269. The molecule has 0 saturated carbocycles. The number of benzene rings is 1. The SMILES string of the molecule is N/C(=N/O)C1CCCCN1Cc1cccc(F)c1Br. The summed E-state index contributed by atoms with van der Waals surface area (Å²) in [6.07, 6.45) is 2.99. The van der Waals surface area contributed by atoms with E-state index in [1.807, 2.05) is 6.07 Å². The van der Waals surface area contributed by atoms with Crippen LogP contribution in [0.4, 0.5) is 4.39 Å². The summed E-state index contributed by atoms with van der Waals surface area (Å²) in [5.41, 5.74) is 6.61. The van der Waals surface area contributed by atoms with Gasteiger partial charge in [-0.05, 0) is 46.9 Å². The lowest BCUT2D eigenvalue weighted by Gasteiger charge is -2.34. The van der Waals surface area contributed by atoms with Gasteiger partial charge in [0, 0.05) is 6.54 Å². The first-order valence-electron chi connectivity index (χ1n) is 6.28. The molecule has 1 fully saturated rings. The first-order chi connectivity index (χ1) is 9.13. The van der Waals surface area contributed by atoms with Crippen molar-refractivity contribution in [1.82, 2.24) is 4.90 Å². The third-order valence-corrected chi connectivity index (χ3v) is 4.36. The van der Waals surface area contributed by atoms with Gasteiger partial charge in [-0.2, -0.15) is 0 Å². The lowest BCUT2D eigenvalue weighted by atomic mass is 10.0. The van der Waals surface area contributed by atoms with Gasteiger partial charge in [-0.25, -0.2) is 4.39 Å². The molecule has 1 heterocycles. The Morgan fingerprint density at radius 2 is 2.32 bits per heavy atom. The van der Waals surface area contributed by atoms with Crippen LogP contribution in [0.3, 0.4) is 0 Å². The normalized spacial score (nSPS) is 21.6. The first kappa shape index (κ1) is 14.3. The maximum absolute atomic E-state index is 13.5. The van der Waals surface area contributed by atoms with Crippen molar-refractivity contribution >= 4 is 21.8 Å². The fraction of sp³-hybridized carbons (Fsp3) is 0.462. The van der Waals surface area contributed by atoms with E-state index in [1.165, 1.54) is 6.07 Å². The Bertz CT molecular complexity index is 481. The third-order valence-electron chi connectivity index (χ3n) is 3.48. The molecule has 0 amide bonds. The number of hydrogen-bond acceptors (Lipinski definition) is 3. The van der Waals surface area contributed by atoms with E-state index in [1.54, 1.807) is 6.07 Å². The number of likely N-dealkylation sites (tertiary alicyclic amines) is 1. The fourth-order valence-electron chi connectivity index (χ4n) is 2.47. The van der Waals surface area contributed by atoms with E-state index >= 15 is 0 Å². The smallest absolute Gasteiger partial charge is 0.156 e. The van der Waals surface area contributed by atoms with E-state index < -0.39 is 0 Å². The van der Waals surface area contributed by atoms with Gasteiger partial charge in [-0.15, -0.1) is 0 Å². The number of hydrogen-bond donors (Lipinski definition) is 2. The summed E-state index contributed by atoms with van der Waals surface area (Å²) in [7, 11) is 0. The van der Waals surface area contributed by atoms with E-state index in [4.69, 9.17) is 10.9 Å². The molecule has 1 atom stereocenters. The van der Waals surface area contributed by atoms with Gasteiger partial charge in [-0.1, -0.05) is 23.7 Å². The lowest BCUT2D eigenvalue weighted by molar-refractivity contribution is 0.177. The summed E-state index contributed by atoms with van der Waals surface area (Å²) in [4.78, 5) is 2.12. The summed E-state index contributed by atoms with van der Waals surface area (Å²) in [6.45, 7) is 1.45. The zero-order chi connectivity index (χ0) is 13.8. The van der Waals surface area contributed by atoms with Crippen LogP contribution in [-0.4, -0.2) is 28.5 Å². The molecule has 4 nitrogen and oxygen atoms in total. The van der Waals surface area contributed by atoms with E-state index in [-0.39, 0.29) is 17.7 Å². The highest BCUT2D eigenvalue weighted by Gasteiger charge is 2.26. The van der Waals surface area contributed by atoms with Crippen molar-refractivity contribution in [3.05, 3.63) is 34.1 Å². The summed E-state index contributed by atoms with van der Waals surface area (Å²) in [5.74, 6) is -0.0397. The molecule has 1 saturated heterocycles. The molecule has 1 aromatic rings. The molecule has 0 bridgehead atoms. The van der Waals surface area contributed by atoms with Crippen LogP contribution in [0.25, 0.3) is 0 Å². The van der Waals surface area contributed by atoms with Crippen molar-refractivity contribution in [2.45, 2.75) is 31.8 Å². The molecule has 104 valence electrons. The van der Waals surface area contributed by atoms with Crippen molar-refractivity contribution < 1.29 is 9.60 Å². The van der Waals surface area contributed by atoms with Crippen LogP contribution in [0.15, 0.2) is 27.8 Å². The molecule has 0 aliphatic carbocycles. The third kappa shape index (κ3) is 3.25. The number of nitrogens with zero attached hydrogens (tertiary/aromatic N) is 2. The Labute approximate surface area is 120 Å². The highest BCUT2D eigenvalue weighted by molar-refractivity contribution is 9.10. The summed E-state index contributed by atoms with van der Waals surface area (Å²) < 4.78 is 14.0. The number of halogens is 2. The summed E-state index contributed by atoms with van der Waals surface area (Å²) >= 11 is 3.27. The standard InChI is InChI=1S/C13H17BrFN3O/c14-12-9(4-3-5-10(12)15)8-18-7-2-1-6-11(18)13(16)17-19/h3-5,11,19H,1-2,6-8H2,(H2,16,17). The minimum Gasteiger partial charge on any atom is -0.409 e. The topological polar surface area (TPSA) is 61.9 Å². The zero-order valence-electron chi connectivity index (χ0n) is 10.5. The largest absolute Gasteiger partial charge is 0.409 e. The quantitative estimate of drug-likeness (QED) is 0.388. The summed E-state index contributed by atoms with van der Waals surface area (Å²) in [6, 6.07) is 4.92. The zero-order valence-corrected chi connectivity index (χ0v) is 12.1. The predicted molar refractivity (Wildman–Crippen MR) is 75.6 cm³/mol. The van der Waals surface area contributed by atoms with Crippen molar-refractivity contribution in [2.24, 2.45) is 10.9 Å². The molecule has 19 heavy (non-hydrogen) atoms. The van der Waals surface area contributed by atoms with Gasteiger partial charge in [0.1, 0.15) is 5.82 Å². The Kier molecular flexibility index (Phi) is 4.76. The van der Waals surface area contributed by atoms with Crippen LogP contribution >= 0.6 is 15.9 Å². The highest BCUT2D eigenvalue weighted by Crippen LogP contribution is 2.25. The summed E-state index contributed by atoms with van der Waals surface area (Å²) in [5, 5.41) is 11.9. The van der Waals surface area contributed by atoms with Crippen molar-refractivity contribution in [3.63, 3.8) is 0 Å². The Hall–Kier alpha value is -1.14. The number of nitrogens with two attached hydrogens (primary N) is 1. The fourth-order valence-corrected chi connectivity index (χ4v) is 2.86. The van der Waals surface area contributed by atoms with Crippen LogP contribution < -0.4 is 5.73 Å². The van der Waals surface area contributed by atoms with Crippen molar-refractivity contribution in [1.29, 1.82) is 0 Å². The van der Waals surface area contributed by atoms with Gasteiger partial charge in [0.15, 0.2) is 5.84 Å². The number of oxime groups is 1. The maximum atomic E-state index is 13.5. The van der Waals surface area contributed by atoms with Crippen LogP contribution in [0.5, 0.6) is 0 Å². The molecule has 2 rings (SSSR count). The maximum Gasteiger partial charge on any atom is 0.156 e. The van der Waals surface area contributed by atoms with Crippen LogP contribution in [0, 0.1) is 5.82 Å². The van der Waals surface area contributed by atoms with Gasteiger partial charge in [0.2, 0.25) is 0 Å². The van der Waals surface area contributed by atoms with Gasteiger partial charge >= 0.3 is 0 Å². The molecular formula is C13H17BrFN3O. The molecule has 1 aromatic carbocycles. The second kappa shape index (κ2) is 6.34. The molecular weight excluding hydrogens is 313 g/mol. The van der Waals surface area contributed by atoms with E-state index in [2.05, 4.69) is 26.0 Å². The van der Waals surface area contributed by atoms with Gasteiger partial charge < -0.3 is 10.9 Å². The predicted octanol–water partition coefficient (Wildman–Crippen LogP) is 2.69. The van der Waals surface area contributed by atoms with Gasteiger partial charge in [-0.3, -0.25) is 4.90 Å². The first-order valence-corrected chi connectivity index (χ1v) is 7.07. The van der Waals surface area contributed by atoms with Crippen LogP contribution in [-0.2, 0) is 6.54 Å². The Morgan fingerprint density at radius 3 is 3.05 bits per heavy atom. The number of rotatable bonds is 3. The molecule has 3 N–H and O–H groups in total. The molecule has 0 radical (unpaired) electrons. The molecule has 1 aliphatic rings. The second-order valence-corrected chi connectivity index (χ2v) is 5.51. The Morgan fingerprint density at radius 1 is 1.53 bits per heavy atom. The van der Waals surface area contributed by atoms with Crippen molar-refractivity contribution in [2.75, 3.05) is 6.54 Å². The van der Waals surface area contributed by atoms with Gasteiger partial charge in [0.05, 0.1) is 10.5 Å². The average Bonchev–Trinajstić information content (AvgIpc) is 2.43. The van der Waals surface area contributed by atoms with Crippen LogP contribution in [0.2, 0.25) is 0 Å². The highest BCUT2D eigenvalue weighted by atomic mass is 79.9. The average molecular weight is 330 g/mol.